The molecule has 1 aliphatic heterocycles. The summed E-state index contributed by atoms with van der Waals surface area (Å²) in [4.78, 5) is 36.6. The second-order valence-electron chi connectivity index (χ2n) is 13.7. The molecule has 0 radical (unpaired) electrons. The SMILES string of the molecule is CN(CCCO[C@H]1C[C@H](Oc2ccc(-c3ccc4c5cnccc5n(C)c4c3)cn2)C1)C(=O)COCC1CN(C(=O)OC(C)(C)C)C1. The van der Waals surface area contributed by atoms with Gasteiger partial charge in [0.1, 0.15) is 18.3 Å². The van der Waals surface area contributed by atoms with Crippen molar-refractivity contribution in [1.82, 2.24) is 24.3 Å². The number of hydrogen-bond acceptors (Lipinski definition) is 8. The highest BCUT2D eigenvalue weighted by molar-refractivity contribution is 6.08. The van der Waals surface area contributed by atoms with Crippen LogP contribution in [0.2, 0.25) is 0 Å². The molecule has 11 heteroatoms. The van der Waals surface area contributed by atoms with Crippen molar-refractivity contribution in [3.63, 3.8) is 0 Å². The maximum absolute atomic E-state index is 12.4. The largest absolute Gasteiger partial charge is 0.474 e. The topological polar surface area (TPSA) is 108 Å². The van der Waals surface area contributed by atoms with Crippen LogP contribution in [0.4, 0.5) is 4.79 Å². The molecule has 2 amide bonds. The van der Waals surface area contributed by atoms with E-state index in [1.165, 1.54) is 5.39 Å². The maximum atomic E-state index is 12.4. The van der Waals surface area contributed by atoms with E-state index < -0.39 is 5.60 Å². The molecule has 0 spiro atoms. The Kier molecular flexibility index (Phi) is 9.65. The van der Waals surface area contributed by atoms with Crippen LogP contribution < -0.4 is 4.74 Å². The average molecular weight is 644 g/mol. The Hall–Kier alpha value is -4.22. The first-order chi connectivity index (χ1) is 22.5. The van der Waals surface area contributed by atoms with Crippen LogP contribution in [0.5, 0.6) is 5.88 Å². The van der Waals surface area contributed by atoms with E-state index in [9.17, 15) is 9.59 Å². The summed E-state index contributed by atoms with van der Waals surface area (Å²) in [5.74, 6) is 0.791. The Morgan fingerprint density at radius 3 is 2.51 bits per heavy atom. The van der Waals surface area contributed by atoms with E-state index in [0.29, 0.717) is 38.7 Å². The number of likely N-dealkylation sites (N-methyl/N-ethyl adjacent to an activating group) is 1. The third kappa shape index (κ3) is 7.85. The summed E-state index contributed by atoms with van der Waals surface area (Å²) >= 11 is 0. The molecule has 2 fully saturated rings. The maximum Gasteiger partial charge on any atom is 0.410 e. The number of carbonyl (C=O) groups excluding carboxylic acids is 2. The second-order valence-corrected chi connectivity index (χ2v) is 13.7. The summed E-state index contributed by atoms with van der Waals surface area (Å²) in [5, 5.41) is 2.34. The minimum atomic E-state index is -0.503. The number of benzene rings is 1. The second kappa shape index (κ2) is 13.9. The molecule has 1 saturated heterocycles. The fourth-order valence-corrected chi connectivity index (χ4v) is 6.02. The number of fused-ring (bicyclic) bond motifs is 3. The molecule has 11 nitrogen and oxygen atoms in total. The lowest BCUT2D eigenvalue weighted by Crippen LogP contribution is -2.53. The third-order valence-corrected chi connectivity index (χ3v) is 8.82. The van der Waals surface area contributed by atoms with Crippen molar-refractivity contribution in [3.05, 3.63) is 55.0 Å². The Labute approximate surface area is 275 Å². The molecule has 1 aliphatic carbocycles. The van der Waals surface area contributed by atoms with Gasteiger partial charge in [-0.05, 0) is 51.0 Å². The molecule has 1 aromatic carbocycles. The lowest BCUT2D eigenvalue weighted by Gasteiger charge is -2.39. The van der Waals surface area contributed by atoms with E-state index in [2.05, 4.69) is 45.8 Å². The third-order valence-electron chi connectivity index (χ3n) is 8.82. The van der Waals surface area contributed by atoms with E-state index in [1.54, 1.807) is 16.8 Å². The fraction of sp³-hybridized carbons (Fsp3) is 0.500. The molecule has 4 aromatic rings. The van der Waals surface area contributed by atoms with Crippen LogP contribution in [-0.4, -0.2) is 101 Å². The van der Waals surface area contributed by atoms with E-state index >= 15 is 0 Å². The summed E-state index contributed by atoms with van der Waals surface area (Å²) in [6, 6.07) is 12.5. The Bertz CT molecular complexity index is 1700. The molecule has 0 unspecified atom stereocenters. The van der Waals surface area contributed by atoms with Gasteiger partial charge in [-0.1, -0.05) is 12.1 Å². The van der Waals surface area contributed by atoms with Crippen LogP contribution in [0.25, 0.3) is 32.9 Å². The molecule has 1 saturated carbocycles. The summed E-state index contributed by atoms with van der Waals surface area (Å²) in [7, 11) is 3.86. The van der Waals surface area contributed by atoms with Crippen LogP contribution in [0.3, 0.4) is 0 Å². The highest BCUT2D eigenvalue weighted by atomic mass is 16.6. The van der Waals surface area contributed by atoms with Crippen LogP contribution in [-0.2, 0) is 26.1 Å². The summed E-state index contributed by atoms with van der Waals surface area (Å²) in [6.07, 6.45) is 7.96. The number of rotatable bonds is 12. The molecule has 47 heavy (non-hydrogen) atoms. The van der Waals surface area contributed by atoms with Gasteiger partial charge in [0.05, 0.1) is 18.2 Å². The van der Waals surface area contributed by atoms with Crippen molar-refractivity contribution in [2.45, 2.75) is 57.8 Å². The number of aromatic nitrogens is 3. The molecular weight excluding hydrogens is 598 g/mol. The zero-order valence-electron chi connectivity index (χ0n) is 28.0. The molecule has 2 aliphatic rings. The monoisotopic (exact) mass is 643 g/mol. The van der Waals surface area contributed by atoms with Crippen molar-refractivity contribution in [2.24, 2.45) is 13.0 Å². The fourth-order valence-electron chi connectivity index (χ4n) is 6.02. The van der Waals surface area contributed by atoms with Gasteiger partial charge in [-0.15, -0.1) is 0 Å². The molecule has 0 atom stereocenters. The van der Waals surface area contributed by atoms with E-state index in [0.717, 1.165) is 46.8 Å². The Morgan fingerprint density at radius 1 is 0.979 bits per heavy atom. The molecule has 0 N–H and O–H groups in total. The summed E-state index contributed by atoms with van der Waals surface area (Å²) < 4.78 is 25.3. The first kappa shape index (κ1) is 32.7. The van der Waals surface area contributed by atoms with Gasteiger partial charge in [0.25, 0.3) is 0 Å². The van der Waals surface area contributed by atoms with Gasteiger partial charge in [-0.2, -0.15) is 0 Å². The van der Waals surface area contributed by atoms with E-state index in [-0.39, 0.29) is 36.7 Å². The van der Waals surface area contributed by atoms with E-state index in [4.69, 9.17) is 18.9 Å². The van der Waals surface area contributed by atoms with Crippen LogP contribution in [0.1, 0.15) is 40.0 Å². The molecule has 3 aromatic heterocycles. The highest BCUT2D eigenvalue weighted by Crippen LogP contribution is 2.32. The number of hydrogen-bond donors (Lipinski definition) is 0. The smallest absolute Gasteiger partial charge is 0.410 e. The Balaban J connectivity index is 0.839. The van der Waals surface area contributed by atoms with Crippen molar-refractivity contribution in [3.8, 4) is 17.0 Å². The molecular formula is C36H45N5O6. The van der Waals surface area contributed by atoms with Gasteiger partial charge in [-0.3, -0.25) is 9.78 Å². The van der Waals surface area contributed by atoms with Crippen molar-refractivity contribution < 1.29 is 28.5 Å². The normalized spacial score (nSPS) is 18.2. The molecule has 0 bridgehead atoms. The number of likely N-dealkylation sites (tertiary alicyclic amines) is 1. The number of aryl methyl sites for hydroxylation is 1. The molecule has 250 valence electrons. The summed E-state index contributed by atoms with van der Waals surface area (Å²) in [6.45, 7) is 8.41. The van der Waals surface area contributed by atoms with Gasteiger partial charge < -0.3 is 33.3 Å². The highest BCUT2D eigenvalue weighted by Gasteiger charge is 2.34. The lowest BCUT2D eigenvalue weighted by molar-refractivity contribution is -0.136. The molecule has 4 heterocycles. The van der Waals surface area contributed by atoms with Crippen molar-refractivity contribution >= 4 is 33.8 Å². The van der Waals surface area contributed by atoms with Crippen LogP contribution >= 0.6 is 0 Å². The molecule has 6 rings (SSSR count). The summed E-state index contributed by atoms with van der Waals surface area (Å²) in [5.41, 5.74) is 3.97. The number of amides is 2. The van der Waals surface area contributed by atoms with Crippen molar-refractivity contribution in [1.29, 1.82) is 0 Å². The minimum absolute atomic E-state index is 0.0360. The predicted octanol–water partition coefficient (Wildman–Crippen LogP) is 5.45. The lowest BCUT2D eigenvalue weighted by atomic mass is 9.92. The zero-order valence-corrected chi connectivity index (χ0v) is 28.0. The van der Waals surface area contributed by atoms with Crippen LogP contribution in [0.15, 0.2) is 55.0 Å². The van der Waals surface area contributed by atoms with Crippen molar-refractivity contribution in [2.75, 3.05) is 46.5 Å². The Morgan fingerprint density at radius 2 is 1.77 bits per heavy atom. The van der Waals surface area contributed by atoms with Gasteiger partial charge >= 0.3 is 6.09 Å². The first-order valence-corrected chi connectivity index (χ1v) is 16.4. The first-order valence-electron chi connectivity index (χ1n) is 16.4. The van der Waals surface area contributed by atoms with E-state index in [1.807, 2.05) is 51.5 Å². The predicted molar refractivity (Wildman–Crippen MR) is 179 cm³/mol. The van der Waals surface area contributed by atoms with Gasteiger partial charge in [0, 0.05) is 106 Å². The number of ether oxygens (including phenoxy) is 4. The quantitative estimate of drug-likeness (QED) is 0.188. The van der Waals surface area contributed by atoms with Gasteiger partial charge in [0.15, 0.2) is 0 Å². The average Bonchev–Trinajstić information content (AvgIpc) is 3.29. The zero-order chi connectivity index (χ0) is 33.1. The number of nitrogens with zero attached hydrogens (tertiary/aromatic N) is 5. The standard InChI is InChI=1S/C36H45N5O6/c1-36(2,3)47-35(43)41-20-24(21-41)22-44-23-34(42)39(4)13-6-14-45-27-16-28(17-27)46-33-10-8-26(18-38-33)25-7-9-29-30-19-37-12-11-31(30)40(5)32(29)15-25/h7-12,15,18-19,24,27-28H,6,13-14,16-17,20-23H2,1-5H3/t27-,28-. The minimum Gasteiger partial charge on any atom is -0.474 e. The number of pyridine rings is 2. The van der Waals surface area contributed by atoms with Gasteiger partial charge in [0.2, 0.25) is 11.8 Å². The van der Waals surface area contributed by atoms with Crippen LogP contribution in [0, 0.1) is 5.92 Å². The number of carbonyl (C=O) groups is 2. The van der Waals surface area contributed by atoms with Gasteiger partial charge in [-0.25, -0.2) is 9.78 Å².